The van der Waals surface area contributed by atoms with Crippen LogP contribution in [0.25, 0.3) is 6.08 Å². The molecule has 0 aliphatic carbocycles. The first kappa shape index (κ1) is 19.2. The normalized spacial score (nSPS) is 10.8. The van der Waals surface area contributed by atoms with Crippen LogP contribution in [0, 0.1) is 0 Å². The first-order valence-electron chi connectivity index (χ1n) is 8.34. The van der Waals surface area contributed by atoms with Crippen LogP contribution in [0.1, 0.15) is 36.7 Å². The maximum absolute atomic E-state index is 12.2. The Bertz CT molecular complexity index is 825. The molecule has 0 fully saturated rings. The van der Waals surface area contributed by atoms with E-state index in [0.29, 0.717) is 22.7 Å². The minimum Gasteiger partial charge on any atom is -0.493 e. The Labute approximate surface area is 153 Å². The summed E-state index contributed by atoms with van der Waals surface area (Å²) in [5, 5.41) is 2.73. The highest BCUT2D eigenvalue weighted by molar-refractivity contribution is 6.07. The van der Waals surface area contributed by atoms with E-state index in [1.807, 2.05) is 26.0 Å². The summed E-state index contributed by atoms with van der Waals surface area (Å²) in [6, 6.07) is 12.4. The number of hydrogen-bond acceptors (Lipinski definition) is 4. The molecule has 5 nitrogen and oxygen atoms in total. The summed E-state index contributed by atoms with van der Waals surface area (Å²) in [6.07, 6.45) is 3.12. The van der Waals surface area contributed by atoms with Crippen LogP contribution < -0.4 is 14.8 Å². The second-order valence-corrected chi connectivity index (χ2v) is 6.00. The van der Waals surface area contributed by atoms with E-state index in [1.54, 1.807) is 43.5 Å². The van der Waals surface area contributed by atoms with Crippen molar-refractivity contribution in [1.29, 1.82) is 0 Å². The van der Waals surface area contributed by atoms with Crippen LogP contribution in [-0.4, -0.2) is 24.9 Å². The lowest BCUT2D eigenvalue weighted by Crippen LogP contribution is -2.11. The van der Waals surface area contributed by atoms with Gasteiger partial charge in [-0.05, 0) is 56.7 Å². The number of hydrogen-bond donors (Lipinski definition) is 1. The van der Waals surface area contributed by atoms with E-state index in [1.165, 1.54) is 13.0 Å². The van der Waals surface area contributed by atoms with E-state index < -0.39 is 0 Å². The van der Waals surface area contributed by atoms with Crippen molar-refractivity contribution in [3.8, 4) is 11.5 Å². The summed E-state index contributed by atoms with van der Waals surface area (Å²) in [4.78, 5) is 23.8. The molecule has 5 heteroatoms. The van der Waals surface area contributed by atoms with Crippen molar-refractivity contribution in [3.05, 3.63) is 59.7 Å². The average Bonchev–Trinajstić information content (AvgIpc) is 2.60. The molecule has 0 saturated carbocycles. The van der Waals surface area contributed by atoms with Gasteiger partial charge in [-0.3, -0.25) is 9.59 Å². The van der Waals surface area contributed by atoms with E-state index in [9.17, 15) is 9.59 Å². The molecule has 0 unspecified atom stereocenters. The zero-order chi connectivity index (χ0) is 19.1. The molecule has 0 aliphatic heterocycles. The van der Waals surface area contributed by atoms with Gasteiger partial charge in [0.05, 0.1) is 18.9 Å². The minimum absolute atomic E-state index is 0.0393. The van der Waals surface area contributed by atoms with Crippen LogP contribution >= 0.6 is 0 Å². The predicted molar refractivity (Wildman–Crippen MR) is 103 cm³/mol. The molecule has 0 radical (unpaired) electrons. The van der Waals surface area contributed by atoms with Gasteiger partial charge in [0, 0.05) is 11.6 Å². The number of ether oxygens (including phenoxy) is 2. The number of ketones is 1. The first-order valence-corrected chi connectivity index (χ1v) is 8.34. The summed E-state index contributed by atoms with van der Waals surface area (Å²) < 4.78 is 11.0. The van der Waals surface area contributed by atoms with Gasteiger partial charge in [0.2, 0.25) is 5.91 Å². The summed E-state index contributed by atoms with van der Waals surface area (Å²) in [5.41, 5.74) is 1.77. The lowest BCUT2D eigenvalue weighted by atomic mass is 10.1. The monoisotopic (exact) mass is 353 g/mol. The van der Waals surface area contributed by atoms with Crippen molar-refractivity contribution in [3.63, 3.8) is 0 Å². The van der Waals surface area contributed by atoms with Crippen molar-refractivity contribution in [2.45, 2.75) is 26.9 Å². The molecule has 0 atom stereocenters. The number of anilines is 1. The molecule has 0 aromatic heterocycles. The highest BCUT2D eigenvalue weighted by Gasteiger charge is 2.09. The third-order valence-corrected chi connectivity index (χ3v) is 3.54. The molecule has 0 spiro atoms. The van der Waals surface area contributed by atoms with Crippen molar-refractivity contribution in [1.82, 2.24) is 0 Å². The van der Waals surface area contributed by atoms with Gasteiger partial charge in [0.15, 0.2) is 17.3 Å². The molecule has 0 heterocycles. The van der Waals surface area contributed by atoms with Gasteiger partial charge < -0.3 is 14.8 Å². The fourth-order valence-corrected chi connectivity index (χ4v) is 2.38. The van der Waals surface area contributed by atoms with E-state index >= 15 is 0 Å². The van der Waals surface area contributed by atoms with Crippen LogP contribution in [0.3, 0.4) is 0 Å². The second-order valence-electron chi connectivity index (χ2n) is 6.00. The molecule has 2 aromatic carbocycles. The van der Waals surface area contributed by atoms with Gasteiger partial charge in [0.1, 0.15) is 0 Å². The third kappa shape index (κ3) is 5.21. The summed E-state index contributed by atoms with van der Waals surface area (Å²) in [5.74, 6) is 0.832. The predicted octanol–water partition coefficient (Wildman–Crippen LogP) is 4.34. The molecule has 0 bridgehead atoms. The fourth-order valence-electron chi connectivity index (χ4n) is 2.38. The zero-order valence-corrected chi connectivity index (χ0v) is 15.4. The van der Waals surface area contributed by atoms with E-state index in [0.717, 1.165) is 5.56 Å². The summed E-state index contributed by atoms with van der Waals surface area (Å²) in [7, 11) is 1.57. The van der Waals surface area contributed by atoms with Crippen LogP contribution in [0.4, 0.5) is 5.69 Å². The molecular formula is C21H23NO4. The number of carbonyl (C=O) groups is 2. The van der Waals surface area contributed by atoms with E-state index in [-0.39, 0.29) is 17.8 Å². The number of para-hydroxylation sites is 1. The number of nitrogens with one attached hydrogen (secondary N) is 1. The van der Waals surface area contributed by atoms with Crippen LogP contribution in [-0.2, 0) is 4.79 Å². The molecule has 2 aromatic rings. The Hall–Kier alpha value is -3.08. The van der Waals surface area contributed by atoms with Gasteiger partial charge >= 0.3 is 0 Å². The Morgan fingerprint density at radius 2 is 1.81 bits per heavy atom. The highest BCUT2D eigenvalue weighted by Crippen LogP contribution is 2.29. The van der Waals surface area contributed by atoms with E-state index in [2.05, 4.69) is 5.32 Å². The van der Waals surface area contributed by atoms with Gasteiger partial charge in [-0.25, -0.2) is 0 Å². The number of rotatable bonds is 7. The number of methoxy groups -OCH3 is 1. The average molecular weight is 353 g/mol. The number of Topliss-reactive ketones (excluding diaryl/α,β-unsaturated/α-hetero) is 1. The quantitative estimate of drug-likeness (QED) is 0.594. The maximum Gasteiger partial charge on any atom is 0.248 e. The van der Waals surface area contributed by atoms with Crippen molar-refractivity contribution in [2.24, 2.45) is 0 Å². The Balaban J connectivity index is 2.12. The van der Waals surface area contributed by atoms with Crippen molar-refractivity contribution >= 4 is 23.5 Å². The summed E-state index contributed by atoms with van der Waals surface area (Å²) >= 11 is 0. The van der Waals surface area contributed by atoms with Crippen molar-refractivity contribution in [2.75, 3.05) is 12.4 Å². The molecule has 0 saturated heterocycles. The standard InChI is InChI=1S/C21H23NO4/c1-14(2)26-19-11-9-16(13-20(19)25-4)10-12-21(24)22-18-8-6-5-7-17(18)15(3)23/h5-14H,1-4H3,(H,22,24)/b12-10+. The Morgan fingerprint density at radius 1 is 1.08 bits per heavy atom. The largest absolute Gasteiger partial charge is 0.493 e. The minimum atomic E-state index is -0.319. The van der Waals surface area contributed by atoms with E-state index in [4.69, 9.17) is 9.47 Å². The lowest BCUT2D eigenvalue weighted by molar-refractivity contribution is -0.111. The molecule has 1 amide bonds. The van der Waals surface area contributed by atoms with Gasteiger partial charge in [0.25, 0.3) is 0 Å². The number of amides is 1. The fraction of sp³-hybridized carbons (Fsp3) is 0.238. The van der Waals surface area contributed by atoms with Gasteiger partial charge in [-0.15, -0.1) is 0 Å². The topological polar surface area (TPSA) is 64.6 Å². The molecular weight excluding hydrogens is 330 g/mol. The van der Waals surface area contributed by atoms with Crippen molar-refractivity contribution < 1.29 is 19.1 Å². The molecule has 26 heavy (non-hydrogen) atoms. The Morgan fingerprint density at radius 3 is 2.46 bits per heavy atom. The molecule has 2 rings (SSSR count). The smallest absolute Gasteiger partial charge is 0.248 e. The third-order valence-electron chi connectivity index (χ3n) is 3.54. The number of benzene rings is 2. The number of carbonyl (C=O) groups excluding carboxylic acids is 2. The highest BCUT2D eigenvalue weighted by atomic mass is 16.5. The SMILES string of the molecule is COc1cc(/C=C/C(=O)Nc2ccccc2C(C)=O)ccc1OC(C)C. The molecule has 0 aliphatic rings. The second kappa shape index (κ2) is 8.85. The van der Waals surface area contributed by atoms with Crippen LogP contribution in [0.5, 0.6) is 11.5 Å². The first-order chi connectivity index (χ1) is 12.4. The van der Waals surface area contributed by atoms with Crippen LogP contribution in [0.2, 0.25) is 0 Å². The van der Waals surface area contributed by atoms with Crippen LogP contribution in [0.15, 0.2) is 48.5 Å². The lowest BCUT2D eigenvalue weighted by Gasteiger charge is -2.13. The molecule has 136 valence electrons. The van der Waals surface area contributed by atoms with Gasteiger partial charge in [-0.2, -0.15) is 0 Å². The Kier molecular flexibility index (Phi) is 6.55. The summed E-state index contributed by atoms with van der Waals surface area (Å²) in [6.45, 7) is 5.35. The maximum atomic E-state index is 12.2. The van der Waals surface area contributed by atoms with Gasteiger partial charge in [-0.1, -0.05) is 18.2 Å². The molecule has 1 N–H and O–H groups in total. The zero-order valence-electron chi connectivity index (χ0n) is 15.4.